The number of rotatable bonds is 4. The zero-order valence-electron chi connectivity index (χ0n) is 15.4. The minimum absolute atomic E-state index is 0.376. The molecule has 0 bridgehead atoms. The van der Waals surface area contributed by atoms with Crippen LogP contribution in [0, 0.1) is 0 Å². The van der Waals surface area contributed by atoms with E-state index in [4.69, 9.17) is 16.3 Å². The molecule has 1 fully saturated rings. The zero-order chi connectivity index (χ0) is 19.1. The fourth-order valence-electron chi connectivity index (χ4n) is 3.80. The maximum absolute atomic E-state index is 6.15. The number of hydrogen-bond donors (Lipinski definition) is 2. The van der Waals surface area contributed by atoms with Crippen molar-refractivity contribution < 1.29 is 4.74 Å². The van der Waals surface area contributed by atoms with Crippen molar-refractivity contribution in [3.63, 3.8) is 0 Å². The van der Waals surface area contributed by atoms with Crippen molar-refractivity contribution in [2.24, 2.45) is 0 Å². The van der Waals surface area contributed by atoms with Gasteiger partial charge in [-0.1, -0.05) is 11.6 Å². The number of hydrogen-bond acceptors (Lipinski definition) is 6. The maximum atomic E-state index is 6.15. The number of nitrogens with one attached hydrogen (secondary N) is 2. The highest BCUT2D eigenvalue weighted by atomic mass is 35.5. The molecule has 2 N–H and O–H groups in total. The summed E-state index contributed by atoms with van der Waals surface area (Å²) in [7, 11) is 1.78. The molecule has 144 valence electrons. The Balaban J connectivity index is 1.41. The summed E-state index contributed by atoms with van der Waals surface area (Å²) in [5, 5.41) is 9.42. The Bertz CT molecular complexity index is 1130. The standard InChI is InChI=1S/C19H20ClN7O/c1-28-12-4-2-11(3-5-12)24-19-23-9-14-13(8-22-18(14)25-19)15-6-7-17-21-10-16(20)27(17)26-15/h6-12H,2-5H2,1H3,(H2,22,23,24,25)/t11-,12+. The Hall–Kier alpha value is -2.71. The Morgan fingerprint density at radius 2 is 2.04 bits per heavy atom. The summed E-state index contributed by atoms with van der Waals surface area (Å²) in [5.74, 6) is 0.642. The van der Waals surface area contributed by atoms with E-state index in [1.54, 1.807) is 17.8 Å². The molecule has 0 spiro atoms. The zero-order valence-corrected chi connectivity index (χ0v) is 16.1. The van der Waals surface area contributed by atoms with Gasteiger partial charge in [-0.3, -0.25) is 0 Å². The molecule has 0 aromatic carbocycles. The number of imidazole rings is 1. The lowest BCUT2D eigenvalue weighted by Gasteiger charge is -2.28. The van der Waals surface area contributed by atoms with E-state index < -0.39 is 0 Å². The van der Waals surface area contributed by atoms with Gasteiger partial charge in [0.2, 0.25) is 5.95 Å². The summed E-state index contributed by atoms with van der Waals surface area (Å²) in [5.41, 5.74) is 3.19. The average Bonchev–Trinajstić information content (AvgIpc) is 3.32. The Morgan fingerprint density at radius 1 is 1.18 bits per heavy atom. The molecule has 5 rings (SSSR count). The van der Waals surface area contributed by atoms with Crippen LogP contribution >= 0.6 is 11.6 Å². The molecule has 9 heteroatoms. The predicted molar refractivity (Wildman–Crippen MR) is 108 cm³/mol. The summed E-state index contributed by atoms with van der Waals surface area (Å²) in [6.07, 6.45) is 9.94. The second-order valence-electron chi connectivity index (χ2n) is 7.08. The van der Waals surface area contributed by atoms with Gasteiger partial charge in [-0.2, -0.15) is 10.1 Å². The van der Waals surface area contributed by atoms with Crippen LogP contribution in [0.1, 0.15) is 25.7 Å². The number of H-pyrrole nitrogens is 1. The van der Waals surface area contributed by atoms with Gasteiger partial charge in [-0.15, -0.1) is 0 Å². The molecule has 0 atom stereocenters. The molecule has 4 heterocycles. The number of aromatic nitrogens is 6. The summed E-state index contributed by atoms with van der Waals surface area (Å²) >= 11 is 6.15. The molecule has 0 amide bonds. The van der Waals surface area contributed by atoms with Gasteiger partial charge in [0.1, 0.15) is 5.65 Å². The maximum Gasteiger partial charge on any atom is 0.224 e. The first-order valence-corrected chi connectivity index (χ1v) is 9.73. The van der Waals surface area contributed by atoms with E-state index in [2.05, 4.69) is 30.4 Å². The molecule has 1 saturated carbocycles. The highest BCUT2D eigenvalue weighted by molar-refractivity contribution is 6.29. The molecule has 0 aliphatic heterocycles. The Kier molecular flexibility index (Phi) is 4.37. The van der Waals surface area contributed by atoms with Gasteiger partial charge in [0.15, 0.2) is 10.8 Å². The van der Waals surface area contributed by atoms with E-state index in [1.807, 2.05) is 24.5 Å². The fourth-order valence-corrected chi connectivity index (χ4v) is 3.98. The van der Waals surface area contributed by atoms with Gasteiger partial charge in [-0.25, -0.2) is 14.5 Å². The molecule has 0 unspecified atom stereocenters. The molecule has 1 aliphatic carbocycles. The molecule has 1 aliphatic rings. The second-order valence-corrected chi connectivity index (χ2v) is 7.47. The smallest absolute Gasteiger partial charge is 0.224 e. The predicted octanol–water partition coefficient (Wildman–Crippen LogP) is 3.69. The quantitative estimate of drug-likeness (QED) is 0.545. The minimum atomic E-state index is 0.376. The van der Waals surface area contributed by atoms with E-state index in [0.29, 0.717) is 28.9 Å². The largest absolute Gasteiger partial charge is 0.381 e. The van der Waals surface area contributed by atoms with E-state index >= 15 is 0 Å². The molecule has 4 aromatic rings. The van der Waals surface area contributed by atoms with Crippen molar-refractivity contribution in [3.05, 3.63) is 35.9 Å². The molecule has 0 saturated heterocycles. The van der Waals surface area contributed by atoms with Gasteiger partial charge in [-0.05, 0) is 37.8 Å². The molecular weight excluding hydrogens is 378 g/mol. The number of anilines is 1. The molecule has 28 heavy (non-hydrogen) atoms. The van der Waals surface area contributed by atoms with Crippen LogP contribution < -0.4 is 5.32 Å². The second kappa shape index (κ2) is 7.03. The summed E-state index contributed by atoms with van der Waals surface area (Å²) in [6, 6.07) is 4.19. The lowest BCUT2D eigenvalue weighted by molar-refractivity contribution is 0.0681. The monoisotopic (exact) mass is 397 g/mol. The van der Waals surface area contributed by atoms with Gasteiger partial charge in [0.25, 0.3) is 0 Å². The first-order chi connectivity index (χ1) is 13.7. The van der Waals surface area contributed by atoms with Crippen molar-refractivity contribution >= 4 is 34.2 Å². The summed E-state index contributed by atoms with van der Waals surface area (Å²) in [6.45, 7) is 0. The van der Waals surface area contributed by atoms with Crippen LogP contribution in [0.4, 0.5) is 5.95 Å². The molecule has 4 aromatic heterocycles. The third-order valence-electron chi connectivity index (χ3n) is 5.37. The highest BCUT2D eigenvalue weighted by Gasteiger charge is 2.21. The minimum Gasteiger partial charge on any atom is -0.381 e. The summed E-state index contributed by atoms with van der Waals surface area (Å²) in [4.78, 5) is 16.6. The first-order valence-electron chi connectivity index (χ1n) is 9.35. The van der Waals surface area contributed by atoms with Crippen LogP contribution in [0.5, 0.6) is 0 Å². The van der Waals surface area contributed by atoms with Gasteiger partial charge < -0.3 is 15.0 Å². The molecule has 8 nitrogen and oxygen atoms in total. The number of methoxy groups -OCH3 is 1. The normalized spacial score (nSPS) is 20.1. The van der Waals surface area contributed by atoms with Crippen molar-refractivity contribution in [3.8, 4) is 11.3 Å². The van der Waals surface area contributed by atoms with E-state index in [0.717, 1.165) is 48.0 Å². The fraction of sp³-hybridized carbons (Fsp3) is 0.368. The van der Waals surface area contributed by atoms with Crippen molar-refractivity contribution in [2.75, 3.05) is 12.4 Å². The van der Waals surface area contributed by atoms with E-state index in [1.165, 1.54) is 0 Å². The van der Waals surface area contributed by atoms with Crippen LogP contribution in [0.3, 0.4) is 0 Å². The van der Waals surface area contributed by atoms with E-state index in [-0.39, 0.29) is 0 Å². The lowest BCUT2D eigenvalue weighted by Crippen LogP contribution is -2.29. The third-order valence-corrected chi connectivity index (χ3v) is 5.63. The van der Waals surface area contributed by atoms with Crippen LogP contribution in [-0.4, -0.2) is 48.8 Å². The molecule has 0 radical (unpaired) electrons. The number of fused-ring (bicyclic) bond motifs is 2. The number of ether oxygens (including phenoxy) is 1. The Labute approximate surface area is 166 Å². The third kappa shape index (κ3) is 3.08. The van der Waals surface area contributed by atoms with E-state index in [9.17, 15) is 0 Å². The number of nitrogens with zero attached hydrogens (tertiary/aromatic N) is 5. The number of halogens is 1. The topological polar surface area (TPSA) is 93.0 Å². The lowest BCUT2D eigenvalue weighted by atomic mass is 9.93. The SMILES string of the molecule is CO[C@H]1CC[C@@H](Nc2ncc3c(-c4ccc5ncc(Cl)n5n4)c[nH]c3n2)CC1. The van der Waals surface area contributed by atoms with Crippen molar-refractivity contribution in [2.45, 2.75) is 37.8 Å². The molecular formula is C19H20ClN7O. The highest BCUT2D eigenvalue weighted by Crippen LogP contribution is 2.28. The van der Waals surface area contributed by atoms with Gasteiger partial charge in [0.05, 0.1) is 18.0 Å². The van der Waals surface area contributed by atoms with Crippen molar-refractivity contribution in [1.82, 2.24) is 29.5 Å². The summed E-state index contributed by atoms with van der Waals surface area (Å²) < 4.78 is 7.05. The Morgan fingerprint density at radius 3 is 2.86 bits per heavy atom. The average molecular weight is 398 g/mol. The van der Waals surface area contributed by atoms with Crippen LogP contribution in [0.25, 0.3) is 27.9 Å². The van der Waals surface area contributed by atoms with Crippen molar-refractivity contribution in [1.29, 1.82) is 0 Å². The van der Waals surface area contributed by atoms with Gasteiger partial charge >= 0.3 is 0 Å². The van der Waals surface area contributed by atoms with Crippen LogP contribution in [0.15, 0.2) is 30.7 Å². The van der Waals surface area contributed by atoms with Crippen LogP contribution in [0.2, 0.25) is 5.15 Å². The van der Waals surface area contributed by atoms with Gasteiger partial charge in [0, 0.05) is 36.5 Å². The first kappa shape index (κ1) is 17.4. The number of aromatic amines is 1. The van der Waals surface area contributed by atoms with Crippen LogP contribution in [-0.2, 0) is 4.74 Å².